The van der Waals surface area contributed by atoms with Crippen molar-refractivity contribution < 1.29 is 4.74 Å². The SMILES string of the molecule is CCC1CNC(C(C)C)CN1CC(C)COC. The van der Waals surface area contributed by atoms with Gasteiger partial charge in [-0.3, -0.25) is 4.90 Å². The molecule has 0 spiro atoms. The molecule has 0 aromatic carbocycles. The van der Waals surface area contributed by atoms with E-state index in [1.807, 2.05) is 0 Å². The van der Waals surface area contributed by atoms with Crippen LogP contribution >= 0.6 is 0 Å². The fraction of sp³-hybridized carbons (Fsp3) is 1.00. The maximum absolute atomic E-state index is 5.25. The molecular formula is C14H30N2O. The summed E-state index contributed by atoms with van der Waals surface area (Å²) in [7, 11) is 1.79. The first-order chi connectivity index (χ1) is 8.08. The van der Waals surface area contributed by atoms with Crippen molar-refractivity contribution >= 4 is 0 Å². The Kier molecular flexibility index (Phi) is 6.45. The van der Waals surface area contributed by atoms with Crippen molar-refractivity contribution in [3.8, 4) is 0 Å². The second kappa shape index (κ2) is 7.34. The summed E-state index contributed by atoms with van der Waals surface area (Å²) in [6.45, 7) is 13.5. The molecule has 1 aliphatic heterocycles. The van der Waals surface area contributed by atoms with Gasteiger partial charge in [-0.15, -0.1) is 0 Å². The lowest BCUT2D eigenvalue weighted by Gasteiger charge is -2.42. The van der Waals surface area contributed by atoms with Crippen LogP contribution in [0.4, 0.5) is 0 Å². The third kappa shape index (κ3) is 4.57. The molecule has 0 aromatic rings. The van der Waals surface area contributed by atoms with Crippen molar-refractivity contribution in [2.75, 3.05) is 33.4 Å². The Bertz CT molecular complexity index is 208. The van der Waals surface area contributed by atoms with Gasteiger partial charge in [-0.25, -0.2) is 0 Å². The molecule has 0 saturated carbocycles. The van der Waals surface area contributed by atoms with Crippen molar-refractivity contribution in [1.82, 2.24) is 10.2 Å². The summed E-state index contributed by atoms with van der Waals surface area (Å²) in [6.07, 6.45) is 1.23. The number of piperazine rings is 1. The molecule has 0 bridgehead atoms. The number of rotatable bonds is 6. The molecule has 1 heterocycles. The molecule has 102 valence electrons. The Hall–Kier alpha value is -0.120. The van der Waals surface area contributed by atoms with E-state index in [9.17, 15) is 0 Å². The van der Waals surface area contributed by atoms with Crippen molar-refractivity contribution in [2.45, 2.75) is 46.2 Å². The minimum Gasteiger partial charge on any atom is -0.384 e. The largest absolute Gasteiger partial charge is 0.384 e. The molecule has 1 rings (SSSR count). The molecule has 1 fully saturated rings. The normalized spacial score (nSPS) is 28.6. The van der Waals surface area contributed by atoms with Gasteiger partial charge in [0, 0.05) is 45.4 Å². The fourth-order valence-electron chi connectivity index (χ4n) is 2.69. The van der Waals surface area contributed by atoms with E-state index in [2.05, 4.69) is 37.9 Å². The van der Waals surface area contributed by atoms with Crippen LogP contribution in [0.15, 0.2) is 0 Å². The first-order valence-electron chi connectivity index (χ1n) is 7.04. The first kappa shape index (κ1) is 14.9. The zero-order valence-electron chi connectivity index (χ0n) is 12.2. The molecule has 3 atom stereocenters. The zero-order chi connectivity index (χ0) is 12.8. The van der Waals surface area contributed by atoms with Crippen LogP contribution in [0.25, 0.3) is 0 Å². The van der Waals surface area contributed by atoms with Gasteiger partial charge in [0.25, 0.3) is 0 Å². The highest BCUT2D eigenvalue weighted by Gasteiger charge is 2.28. The zero-order valence-corrected chi connectivity index (χ0v) is 12.2. The third-order valence-electron chi connectivity index (χ3n) is 3.84. The Morgan fingerprint density at radius 2 is 2.06 bits per heavy atom. The molecule has 0 amide bonds. The molecule has 1 aliphatic rings. The van der Waals surface area contributed by atoms with Gasteiger partial charge in [0.1, 0.15) is 0 Å². The number of methoxy groups -OCH3 is 1. The summed E-state index contributed by atoms with van der Waals surface area (Å²) in [5.41, 5.74) is 0. The number of hydrogen-bond acceptors (Lipinski definition) is 3. The molecule has 0 aliphatic carbocycles. The monoisotopic (exact) mass is 242 g/mol. The lowest BCUT2D eigenvalue weighted by atomic mass is 9.97. The van der Waals surface area contributed by atoms with Crippen molar-refractivity contribution in [3.63, 3.8) is 0 Å². The Morgan fingerprint density at radius 1 is 1.35 bits per heavy atom. The Labute approximate surface area is 107 Å². The van der Waals surface area contributed by atoms with Gasteiger partial charge >= 0.3 is 0 Å². The van der Waals surface area contributed by atoms with E-state index >= 15 is 0 Å². The van der Waals surface area contributed by atoms with Crippen molar-refractivity contribution in [3.05, 3.63) is 0 Å². The molecule has 3 nitrogen and oxygen atoms in total. The van der Waals surface area contributed by atoms with Gasteiger partial charge in [0.05, 0.1) is 0 Å². The van der Waals surface area contributed by atoms with E-state index in [-0.39, 0.29) is 0 Å². The number of nitrogens with zero attached hydrogens (tertiary/aromatic N) is 1. The van der Waals surface area contributed by atoms with Crippen LogP contribution in [-0.2, 0) is 4.74 Å². The second-order valence-electron chi connectivity index (χ2n) is 5.84. The van der Waals surface area contributed by atoms with Crippen LogP contribution in [-0.4, -0.2) is 50.3 Å². The van der Waals surface area contributed by atoms with E-state index in [0.29, 0.717) is 23.9 Å². The maximum atomic E-state index is 5.25. The first-order valence-corrected chi connectivity index (χ1v) is 7.04. The molecule has 0 radical (unpaired) electrons. The van der Waals surface area contributed by atoms with Gasteiger partial charge in [-0.1, -0.05) is 27.7 Å². The maximum Gasteiger partial charge on any atom is 0.0500 e. The lowest BCUT2D eigenvalue weighted by Crippen LogP contribution is -2.58. The summed E-state index contributed by atoms with van der Waals surface area (Å²) in [6, 6.07) is 1.34. The topological polar surface area (TPSA) is 24.5 Å². The fourth-order valence-corrected chi connectivity index (χ4v) is 2.69. The summed E-state index contributed by atoms with van der Waals surface area (Å²) in [5.74, 6) is 1.34. The van der Waals surface area contributed by atoms with Crippen LogP contribution in [0.3, 0.4) is 0 Å². The lowest BCUT2D eigenvalue weighted by molar-refractivity contribution is 0.0709. The van der Waals surface area contributed by atoms with E-state index in [1.54, 1.807) is 7.11 Å². The minimum atomic E-state index is 0.625. The predicted octanol–water partition coefficient (Wildman–Crippen LogP) is 1.98. The van der Waals surface area contributed by atoms with Gasteiger partial charge in [0.15, 0.2) is 0 Å². The average molecular weight is 242 g/mol. The highest BCUT2D eigenvalue weighted by atomic mass is 16.5. The van der Waals surface area contributed by atoms with E-state index in [1.165, 1.54) is 13.0 Å². The quantitative estimate of drug-likeness (QED) is 0.771. The number of nitrogens with one attached hydrogen (secondary N) is 1. The highest BCUT2D eigenvalue weighted by Crippen LogP contribution is 2.16. The van der Waals surface area contributed by atoms with Crippen LogP contribution < -0.4 is 5.32 Å². The van der Waals surface area contributed by atoms with E-state index < -0.39 is 0 Å². The molecule has 17 heavy (non-hydrogen) atoms. The summed E-state index contributed by atoms with van der Waals surface area (Å²) in [5, 5.41) is 3.68. The van der Waals surface area contributed by atoms with Crippen molar-refractivity contribution in [1.29, 1.82) is 0 Å². The highest BCUT2D eigenvalue weighted by molar-refractivity contribution is 4.87. The van der Waals surface area contributed by atoms with Crippen LogP contribution in [0, 0.1) is 11.8 Å². The molecule has 3 unspecified atom stereocenters. The molecule has 1 saturated heterocycles. The molecular weight excluding hydrogens is 212 g/mol. The Balaban J connectivity index is 2.50. The third-order valence-corrected chi connectivity index (χ3v) is 3.84. The Morgan fingerprint density at radius 3 is 2.59 bits per heavy atom. The predicted molar refractivity (Wildman–Crippen MR) is 73.3 cm³/mol. The van der Waals surface area contributed by atoms with Crippen LogP contribution in [0.5, 0.6) is 0 Å². The van der Waals surface area contributed by atoms with Gasteiger partial charge < -0.3 is 10.1 Å². The molecule has 0 aromatic heterocycles. The van der Waals surface area contributed by atoms with Crippen LogP contribution in [0.1, 0.15) is 34.1 Å². The van der Waals surface area contributed by atoms with Gasteiger partial charge in [0.2, 0.25) is 0 Å². The smallest absolute Gasteiger partial charge is 0.0500 e. The summed E-state index contributed by atoms with van der Waals surface area (Å²) >= 11 is 0. The minimum absolute atomic E-state index is 0.625. The van der Waals surface area contributed by atoms with Crippen molar-refractivity contribution in [2.24, 2.45) is 11.8 Å². The van der Waals surface area contributed by atoms with E-state index in [0.717, 1.165) is 19.7 Å². The van der Waals surface area contributed by atoms with Gasteiger partial charge in [-0.2, -0.15) is 0 Å². The number of hydrogen-bond donors (Lipinski definition) is 1. The van der Waals surface area contributed by atoms with Crippen LogP contribution in [0.2, 0.25) is 0 Å². The summed E-state index contributed by atoms with van der Waals surface area (Å²) in [4.78, 5) is 2.66. The summed E-state index contributed by atoms with van der Waals surface area (Å²) < 4.78 is 5.25. The average Bonchev–Trinajstić information content (AvgIpc) is 2.29. The molecule has 1 N–H and O–H groups in total. The molecule has 3 heteroatoms. The standard InChI is InChI=1S/C14H30N2O/c1-6-13-7-15-14(11(2)3)9-16(13)8-12(4)10-17-5/h11-15H,6-10H2,1-5H3. The van der Waals surface area contributed by atoms with E-state index in [4.69, 9.17) is 4.74 Å². The van der Waals surface area contributed by atoms with Gasteiger partial charge in [-0.05, 0) is 18.3 Å². The number of ether oxygens (including phenoxy) is 1. The second-order valence-corrected chi connectivity index (χ2v) is 5.84.